The third kappa shape index (κ3) is 3.94. The van der Waals surface area contributed by atoms with Gasteiger partial charge in [-0.25, -0.2) is 9.97 Å². The van der Waals surface area contributed by atoms with E-state index in [-0.39, 0.29) is 0 Å². The van der Waals surface area contributed by atoms with E-state index in [1.165, 1.54) is 0 Å². The zero-order valence-corrected chi connectivity index (χ0v) is 10.7. The molecule has 5 heteroatoms. The van der Waals surface area contributed by atoms with Crippen molar-refractivity contribution in [1.82, 2.24) is 9.97 Å². The predicted octanol–water partition coefficient (Wildman–Crippen LogP) is 1.90. The molecule has 0 aliphatic rings. The first-order chi connectivity index (χ1) is 7.52. The molecule has 0 aromatic carbocycles. The van der Waals surface area contributed by atoms with Crippen LogP contribution in [-0.4, -0.2) is 34.8 Å². The Bertz CT molecular complexity index is 344. The topological polar surface area (TPSA) is 49.2 Å². The summed E-state index contributed by atoms with van der Waals surface area (Å²) in [5.41, 5.74) is 0. The van der Waals surface area contributed by atoms with Crippen LogP contribution in [-0.2, 0) is 6.42 Å². The van der Waals surface area contributed by atoms with Gasteiger partial charge in [-0.3, -0.25) is 0 Å². The Morgan fingerprint density at radius 2 is 2.19 bits per heavy atom. The molecular formula is C11H18ClN3O. The Kier molecular flexibility index (Phi) is 4.96. The molecule has 0 saturated heterocycles. The lowest BCUT2D eigenvalue weighted by molar-refractivity contribution is 0.201. The highest BCUT2D eigenvalue weighted by atomic mass is 35.5. The molecule has 0 fully saturated rings. The molecule has 0 aliphatic heterocycles. The number of hydrogen-bond donors (Lipinski definition) is 1. The molecule has 4 nitrogen and oxygen atoms in total. The Morgan fingerprint density at radius 1 is 1.50 bits per heavy atom. The largest absolute Gasteiger partial charge is 0.392 e. The maximum Gasteiger partial charge on any atom is 0.134 e. The van der Waals surface area contributed by atoms with Gasteiger partial charge in [-0.1, -0.05) is 18.5 Å². The fourth-order valence-electron chi connectivity index (χ4n) is 1.47. The summed E-state index contributed by atoms with van der Waals surface area (Å²) in [6.07, 6.45) is 1.41. The molecule has 1 aromatic heterocycles. The number of rotatable bonds is 5. The standard InChI is InChI=1S/C11H18ClN3O/c1-4-5-10-13-9(12)6-11(14-10)15(3)7-8(2)16/h6,8,16H,4-5,7H2,1-3H3. The number of aliphatic hydroxyl groups is 1. The highest BCUT2D eigenvalue weighted by Gasteiger charge is 2.09. The number of halogens is 1. The minimum absolute atomic E-state index is 0.395. The van der Waals surface area contributed by atoms with Gasteiger partial charge in [-0.15, -0.1) is 0 Å². The van der Waals surface area contributed by atoms with Crippen molar-refractivity contribution in [2.24, 2.45) is 0 Å². The lowest BCUT2D eigenvalue weighted by Crippen LogP contribution is -2.28. The van der Waals surface area contributed by atoms with Crippen LogP contribution < -0.4 is 4.90 Å². The molecular weight excluding hydrogens is 226 g/mol. The second-order valence-electron chi connectivity index (χ2n) is 3.94. The van der Waals surface area contributed by atoms with Crippen molar-refractivity contribution in [3.8, 4) is 0 Å². The summed E-state index contributed by atoms with van der Waals surface area (Å²) < 4.78 is 0. The molecule has 0 saturated carbocycles. The molecule has 16 heavy (non-hydrogen) atoms. The van der Waals surface area contributed by atoms with Gasteiger partial charge >= 0.3 is 0 Å². The first-order valence-corrected chi connectivity index (χ1v) is 5.83. The van der Waals surface area contributed by atoms with Crippen molar-refractivity contribution in [1.29, 1.82) is 0 Å². The van der Waals surface area contributed by atoms with Crippen LogP contribution in [0.2, 0.25) is 5.15 Å². The predicted molar refractivity (Wildman–Crippen MR) is 66.0 cm³/mol. The summed E-state index contributed by atoms with van der Waals surface area (Å²) >= 11 is 5.93. The number of hydrogen-bond acceptors (Lipinski definition) is 4. The van der Waals surface area contributed by atoms with Crippen molar-refractivity contribution < 1.29 is 5.11 Å². The molecule has 0 bridgehead atoms. The van der Waals surface area contributed by atoms with E-state index in [1.807, 2.05) is 11.9 Å². The average molecular weight is 244 g/mol. The van der Waals surface area contributed by atoms with Crippen LogP contribution in [0.15, 0.2) is 6.07 Å². The van der Waals surface area contributed by atoms with Gasteiger partial charge in [0.15, 0.2) is 0 Å². The zero-order valence-electron chi connectivity index (χ0n) is 9.94. The normalized spacial score (nSPS) is 12.6. The maximum absolute atomic E-state index is 9.31. The van der Waals surface area contributed by atoms with Gasteiger partial charge in [0.1, 0.15) is 16.8 Å². The molecule has 1 unspecified atom stereocenters. The van der Waals surface area contributed by atoms with E-state index in [2.05, 4.69) is 16.9 Å². The van der Waals surface area contributed by atoms with Gasteiger partial charge < -0.3 is 10.0 Å². The highest BCUT2D eigenvalue weighted by molar-refractivity contribution is 6.29. The second-order valence-corrected chi connectivity index (χ2v) is 4.33. The minimum Gasteiger partial charge on any atom is -0.392 e. The Balaban J connectivity index is 2.86. The molecule has 1 rings (SSSR count). The molecule has 1 heterocycles. The summed E-state index contributed by atoms with van der Waals surface area (Å²) in [4.78, 5) is 10.4. The third-order valence-corrected chi connectivity index (χ3v) is 2.32. The van der Waals surface area contributed by atoms with E-state index in [4.69, 9.17) is 11.6 Å². The number of anilines is 1. The van der Waals surface area contributed by atoms with Crippen molar-refractivity contribution in [2.75, 3.05) is 18.5 Å². The molecule has 0 radical (unpaired) electrons. The van der Waals surface area contributed by atoms with Gasteiger partial charge in [0.25, 0.3) is 0 Å². The van der Waals surface area contributed by atoms with Crippen LogP contribution in [0.3, 0.4) is 0 Å². The summed E-state index contributed by atoms with van der Waals surface area (Å²) in [6.45, 7) is 4.34. The first kappa shape index (κ1) is 13.2. The van der Waals surface area contributed by atoms with Gasteiger partial charge in [0.05, 0.1) is 6.10 Å². The van der Waals surface area contributed by atoms with E-state index in [1.54, 1.807) is 13.0 Å². The Labute approximate surface area is 101 Å². The SMILES string of the molecule is CCCc1nc(Cl)cc(N(C)CC(C)O)n1. The number of aromatic nitrogens is 2. The third-order valence-electron chi connectivity index (χ3n) is 2.13. The zero-order chi connectivity index (χ0) is 12.1. The molecule has 0 spiro atoms. The van der Waals surface area contributed by atoms with E-state index >= 15 is 0 Å². The maximum atomic E-state index is 9.31. The van der Waals surface area contributed by atoms with Gasteiger partial charge in [0.2, 0.25) is 0 Å². The van der Waals surface area contributed by atoms with E-state index in [0.717, 1.165) is 24.5 Å². The highest BCUT2D eigenvalue weighted by Crippen LogP contribution is 2.15. The van der Waals surface area contributed by atoms with Crippen LogP contribution in [0.5, 0.6) is 0 Å². The fourth-order valence-corrected chi connectivity index (χ4v) is 1.67. The Hall–Kier alpha value is -0.870. The number of aliphatic hydroxyl groups excluding tert-OH is 1. The van der Waals surface area contributed by atoms with Crippen molar-refractivity contribution in [3.63, 3.8) is 0 Å². The van der Waals surface area contributed by atoms with E-state index in [0.29, 0.717) is 11.7 Å². The second kappa shape index (κ2) is 6.01. The monoisotopic (exact) mass is 243 g/mol. The van der Waals surface area contributed by atoms with Crippen LogP contribution in [0.1, 0.15) is 26.1 Å². The lowest BCUT2D eigenvalue weighted by atomic mass is 10.3. The van der Waals surface area contributed by atoms with Crippen LogP contribution >= 0.6 is 11.6 Å². The lowest BCUT2D eigenvalue weighted by Gasteiger charge is -2.20. The summed E-state index contributed by atoms with van der Waals surface area (Å²) in [7, 11) is 1.88. The van der Waals surface area contributed by atoms with Crippen LogP contribution in [0.4, 0.5) is 5.82 Å². The van der Waals surface area contributed by atoms with Crippen LogP contribution in [0, 0.1) is 0 Å². The number of aryl methyl sites for hydroxylation is 1. The first-order valence-electron chi connectivity index (χ1n) is 5.45. The average Bonchev–Trinajstić information content (AvgIpc) is 2.16. The molecule has 90 valence electrons. The minimum atomic E-state index is -0.395. The van der Waals surface area contributed by atoms with Crippen molar-refractivity contribution >= 4 is 17.4 Å². The summed E-state index contributed by atoms with van der Waals surface area (Å²) in [5.74, 6) is 1.51. The Morgan fingerprint density at radius 3 is 2.75 bits per heavy atom. The van der Waals surface area contributed by atoms with Gasteiger partial charge in [-0.05, 0) is 13.3 Å². The van der Waals surface area contributed by atoms with E-state index in [9.17, 15) is 5.11 Å². The fraction of sp³-hybridized carbons (Fsp3) is 0.636. The summed E-state index contributed by atoms with van der Waals surface area (Å²) in [6, 6.07) is 1.71. The number of nitrogens with zero attached hydrogens (tertiary/aromatic N) is 3. The van der Waals surface area contributed by atoms with Crippen molar-refractivity contribution in [2.45, 2.75) is 32.8 Å². The van der Waals surface area contributed by atoms with Crippen LogP contribution in [0.25, 0.3) is 0 Å². The smallest absolute Gasteiger partial charge is 0.134 e. The molecule has 1 atom stereocenters. The van der Waals surface area contributed by atoms with Crippen molar-refractivity contribution in [3.05, 3.63) is 17.0 Å². The summed E-state index contributed by atoms with van der Waals surface area (Å²) in [5, 5.41) is 9.76. The molecule has 0 aliphatic carbocycles. The van der Waals surface area contributed by atoms with Gasteiger partial charge in [0, 0.05) is 26.1 Å². The van der Waals surface area contributed by atoms with Gasteiger partial charge in [-0.2, -0.15) is 0 Å². The van der Waals surface area contributed by atoms with E-state index < -0.39 is 6.10 Å². The molecule has 1 N–H and O–H groups in total. The quantitative estimate of drug-likeness (QED) is 0.803. The molecule has 0 amide bonds. The number of likely N-dealkylation sites (N-methyl/N-ethyl adjacent to an activating group) is 1. The molecule has 1 aromatic rings.